The van der Waals surface area contributed by atoms with E-state index < -0.39 is 27.9 Å². The number of hydrogen-bond donors (Lipinski definition) is 1. The number of anilines is 1. The van der Waals surface area contributed by atoms with E-state index in [9.17, 15) is 21.6 Å². The van der Waals surface area contributed by atoms with E-state index in [0.29, 0.717) is 11.3 Å². The molecule has 0 radical (unpaired) electrons. The minimum atomic E-state index is -4.46. The first-order chi connectivity index (χ1) is 13.8. The molecule has 8 heteroatoms. The summed E-state index contributed by atoms with van der Waals surface area (Å²) < 4.78 is 66.7. The van der Waals surface area contributed by atoms with Crippen molar-refractivity contribution in [2.45, 2.75) is 23.8 Å². The standard InChI is InChI=1S/C21H17F3N2O2S/c22-21(23,24)17-12-10-16(11-13-17)20-25-18-8-4-5-9-19(18)29(27,28)26(20)14-15-6-2-1-3-7-15/h1-13,20,25H,14H2. The summed E-state index contributed by atoms with van der Waals surface area (Å²) in [4.78, 5) is 0.138. The third kappa shape index (κ3) is 3.73. The van der Waals surface area contributed by atoms with Crippen LogP contribution in [0.1, 0.15) is 22.9 Å². The molecule has 4 nitrogen and oxygen atoms in total. The molecular formula is C21H17F3N2O2S. The first kappa shape index (κ1) is 19.5. The van der Waals surface area contributed by atoms with Gasteiger partial charge in [-0.15, -0.1) is 0 Å². The van der Waals surface area contributed by atoms with Crippen LogP contribution in [0.2, 0.25) is 0 Å². The van der Waals surface area contributed by atoms with Crippen molar-refractivity contribution in [1.82, 2.24) is 4.31 Å². The van der Waals surface area contributed by atoms with E-state index in [1.54, 1.807) is 42.5 Å². The molecule has 150 valence electrons. The number of hydrogen-bond acceptors (Lipinski definition) is 3. The van der Waals surface area contributed by atoms with Crippen molar-refractivity contribution in [2.75, 3.05) is 5.32 Å². The Hall–Kier alpha value is -2.84. The molecule has 1 unspecified atom stereocenters. The average molecular weight is 418 g/mol. The van der Waals surface area contributed by atoms with Crippen LogP contribution in [0.15, 0.2) is 83.8 Å². The first-order valence-electron chi connectivity index (χ1n) is 8.85. The molecule has 0 saturated heterocycles. The van der Waals surface area contributed by atoms with Gasteiger partial charge in [-0.2, -0.15) is 17.5 Å². The molecule has 4 rings (SSSR count). The van der Waals surface area contributed by atoms with Gasteiger partial charge < -0.3 is 5.32 Å². The van der Waals surface area contributed by atoms with Gasteiger partial charge in [0.05, 0.1) is 11.3 Å². The molecular weight excluding hydrogens is 401 g/mol. The average Bonchev–Trinajstić information content (AvgIpc) is 2.70. The highest BCUT2D eigenvalue weighted by Crippen LogP contribution is 2.39. The Balaban J connectivity index is 1.79. The molecule has 1 aliphatic rings. The normalized spacial score (nSPS) is 18.7. The van der Waals surface area contributed by atoms with Gasteiger partial charge in [-0.3, -0.25) is 0 Å². The molecule has 0 amide bonds. The lowest BCUT2D eigenvalue weighted by molar-refractivity contribution is -0.137. The molecule has 1 atom stereocenters. The second-order valence-corrected chi connectivity index (χ2v) is 8.56. The van der Waals surface area contributed by atoms with Gasteiger partial charge in [0.2, 0.25) is 10.0 Å². The molecule has 0 fully saturated rings. The molecule has 1 aliphatic heterocycles. The fraction of sp³-hybridized carbons (Fsp3) is 0.143. The number of para-hydroxylation sites is 1. The zero-order valence-corrected chi connectivity index (χ0v) is 15.9. The predicted molar refractivity (Wildman–Crippen MR) is 103 cm³/mol. The lowest BCUT2D eigenvalue weighted by Gasteiger charge is -2.37. The molecule has 0 bridgehead atoms. The highest BCUT2D eigenvalue weighted by Gasteiger charge is 2.39. The Kier molecular flexibility index (Phi) is 4.84. The maximum absolute atomic E-state index is 13.3. The minimum absolute atomic E-state index is 0.0796. The van der Waals surface area contributed by atoms with Gasteiger partial charge in [0.1, 0.15) is 11.1 Å². The molecule has 3 aromatic rings. The van der Waals surface area contributed by atoms with Crippen molar-refractivity contribution in [3.05, 3.63) is 95.6 Å². The maximum atomic E-state index is 13.3. The number of alkyl halides is 3. The van der Waals surface area contributed by atoms with Crippen molar-refractivity contribution in [1.29, 1.82) is 0 Å². The van der Waals surface area contributed by atoms with E-state index in [1.807, 2.05) is 6.07 Å². The number of rotatable bonds is 3. The molecule has 0 spiro atoms. The second kappa shape index (κ2) is 7.20. The summed E-state index contributed by atoms with van der Waals surface area (Å²) in [6.07, 6.45) is -5.29. The molecule has 0 aromatic heterocycles. The summed E-state index contributed by atoms with van der Waals surface area (Å²) in [5, 5.41) is 3.16. The number of nitrogens with zero attached hydrogens (tertiary/aromatic N) is 1. The lowest BCUT2D eigenvalue weighted by Crippen LogP contribution is -2.42. The number of benzene rings is 3. The van der Waals surface area contributed by atoms with Gasteiger partial charge in [-0.05, 0) is 35.4 Å². The van der Waals surface area contributed by atoms with Crippen LogP contribution in [0.4, 0.5) is 18.9 Å². The summed E-state index contributed by atoms with van der Waals surface area (Å²) in [6, 6.07) is 20.1. The Morgan fingerprint density at radius 3 is 2.14 bits per heavy atom. The first-order valence-corrected chi connectivity index (χ1v) is 10.3. The van der Waals surface area contributed by atoms with Gasteiger partial charge in [0.25, 0.3) is 0 Å². The van der Waals surface area contributed by atoms with Crippen molar-refractivity contribution in [3.8, 4) is 0 Å². The fourth-order valence-electron chi connectivity index (χ4n) is 3.34. The Morgan fingerprint density at radius 1 is 0.862 bits per heavy atom. The van der Waals surface area contributed by atoms with Crippen molar-refractivity contribution >= 4 is 15.7 Å². The minimum Gasteiger partial charge on any atom is -0.364 e. The van der Waals surface area contributed by atoms with Gasteiger partial charge >= 0.3 is 6.18 Å². The molecule has 1 heterocycles. The third-order valence-corrected chi connectivity index (χ3v) is 6.66. The number of halogens is 3. The van der Waals surface area contributed by atoms with E-state index in [2.05, 4.69) is 5.32 Å². The monoisotopic (exact) mass is 418 g/mol. The molecule has 29 heavy (non-hydrogen) atoms. The van der Waals surface area contributed by atoms with E-state index >= 15 is 0 Å². The second-order valence-electron chi connectivity index (χ2n) is 6.70. The predicted octanol–water partition coefficient (Wildman–Crippen LogP) is 5.02. The number of fused-ring (bicyclic) bond motifs is 1. The van der Waals surface area contributed by atoms with Gasteiger partial charge in [0.15, 0.2) is 0 Å². The fourth-order valence-corrected chi connectivity index (χ4v) is 5.02. The third-order valence-electron chi connectivity index (χ3n) is 4.79. The summed E-state index contributed by atoms with van der Waals surface area (Å²) >= 11 is 0. The molecule has 1 N–H and O–H groups in total. The number of sulfonamides is 1. The summed E-state index contributed by atoms with van der Waals surface area (Å²) in [6.45, 7) is 0.0796. The highest BCUT2D eigenvalue weighted by atomic mass is 32.2. The van der Waals surface area contributed by atoms with Crippen LogP contribution in [0.25, 0.3) is 0 Å². The zero-order valence-electron chi connectivity index (χ0n) is 15.1. The van der Waals surface area contributed by atoms with E-state index in [-0.39, 0.29) is 11.4 Å². The lowest BCUT2D eigenvalue weighted by atomic mass is 10.1. The topological polar surface area (TPSA) is 49.4 Å². The van der Waals surface area contributed by atoms with Crippen LogP contribution in [-0.4, -0.2) is 12.7 Å². The molecule has 0 saturated carbocycles. The highest BCUT2D eigenvalue weighted by molar-refractivity contribution is 7.89. The van der Waals surface area contributed by atoms with Crippen LogP contribution >= 0.6 is 0 Å². The van der Waals surface area contributed by atoms with Gasteiger partial charge in [-0.1, -0.05) is 54.6 Å². The van der Waals surface area contributed by atoms with E-state index in [0.717, 1.165) is 17.7 Å². The smallest absolute Gasteiger partial charge is 0.364 e. The summed E-state index contributed by atoms with van der Waals surface area (Å²) in [5.74, 6) is 0. The van der Waals surface area contributed by atoms with Crippen molar-refractivity contribution in [3.63, 3.8) is 0 Å². The van der Waals surface area contributed by atoms with Crippen LogP contribution in [-0.2, 0) is 22.7 Å². The van der Waals surface area contributed by atoms with Crippen LogP contribution in [0.3, 0.4) is 0 Å². The molecule has 0 aliphatic carbocycles. The maximum Gasteiger partial charge on any atom is 0.416 e. The number of nitrogens with one attached hydrogen (secondary N) is 1. The van der Waals surface area contributed by atoms with Crippen LogP contribution < -0.4 is 5.32 Å². The Labute approximate surface area is 166 Å². The van der Waals surface area contributed by atoms with Gasteiger partial charge in [0, 0.05) is 6.54 Å². The van der Waals surface area contributed by atoms with E-state index in [4.69, 9.17) is 0 Å². The van der Waals surface area contributed by atoms with E-state index in [1.165, 1.54) is 22.5 Å². The Morgan fingerprint density at radius 2 is 1.48 bits per heavy atom. The largest absolute Gasteiger partial charge is 0.416 e. The van der Waals surface area contributed by atoms with Crippen LogP contribution in [0, 0.1) is 0 Å². The Bertz CT molecular complexity index is 1110. The van der Waals surface area contributed by atoms with Crippen molar-refractivity contribution < 1.29 is 21.6 Å². The van der Waals surface area contributed by atoms with Gasteiger partial charge in [-0.25, -0.2) is 8.42 Å². The SMILES string of the molecule is O=S1(=O)c2ccccc2NC(c2ccc(C(F)(F)F)cc2)N1Cc1ccccc1. The zero-order chi connectivity index (χ0) is 20.6. The summed E-state index contributed by atoms with van der Waals surface area (Å²) in [5.41, 5.74) is 0.831. The summed E-state index contributed by atoms with van der Waals surface area (Å²) in [7, 11) is -3.87. The van der Waals surface area contributed by atoms with Crippen LogP contribution in [0.5, 0.6) is 0 Å². The van der Waals surface area contributed by atoms with Crippen molar-refractivity contribution in [2.24, 2.45) is 0 Å². The quantitative estimate of drug-likeness (QED) is 0.650. The molecule has 3 aromatic carbocycles.